The molecule has 0 N–H and O–H groups in total. The fraction of sp³-hybridized carbons (Fsp3) is 0. The third-order valence-corrected chi connectivity index (χ3v) is 9.42. The molecule has 224 valence electrons. The van der Waals surface area contributed by atoms with Gasteiger partial charge in [0.2, 0.25) is 5.95 Å². The molecule has 0 fully saturated rings. The lowest BCUT2D eigenvalue weighted by Gasteiger charge is -2.13. The van der Waals surface area contributed by atoms with Crippen LogP contribution in [0.5, 0.6) is 0 Å². The highest BCUT2D eigenvalue weighted by Crippen LogP contribution is 2.42. The average molecular weight is 614 g/mol. The van der Waals surface area contributed by atoms with Gasteiger partial charge in [-0.25, -0.2) is 9.97 Å². The van der Waals surface area contributed by atoms with Gasteiger partial charge in [-0.2, -0.15) is 0 Å². The van der Waals surface area contributed by atoms with Crippen molar-refractivity contribution in [3.05, 3.63) is 164 Å². The Hall–Kier alpha value is -6.52. The Morgan fingerprint density at radius 2 is 1.08 bits per heavy atom. The van der Waals surface area contributed by atoms with Gasteiger partial charge in [0.1, 0.15) is 11.2 Å². The Balaban J connectivity index is 1.34. The maximum Gasteiger partial charge on any atom is 0.235 e. The summed E-state index contributed by atoms with van der Waals surface area (Å²) in [4.78, 5) is 10.6. The van der Waals surface area contributed by atoms with Crippen LogP contribution in [0, 0.1) is 0 Å². The van der Waals surface area contributed by atoms with Gasteiger partial charge in [-0.05, 0) is 46.7 Å². The second-order valence-electron chi connectivity index (χ2n) is 12.2. The van der Waals surface area contributed by atoms with Crippen LogP contribution in [0.15, 0.2) is 168 Å². The zero-order chi connectivity index (χ0) is 31.6. The van der Waals surface area contributed by atoms with E-state index in [1.807, 2.05) is 24.3 Å². The molecular weight excluding hydrogens is 587 g/mol. The van der Waals surface area contributed by atoms with E-state index < -0.39 is 0 Å². The van der Waals surface area contributed by atoms with E-state index in [9.17, 15) is 0 Å². The van der Waals surface area contributed by atoms with Crippen LogP contribution in [0.3, 0.4) is 0 Å². The van der Waals surface area contributed by atoms with E-state index in [2.05, 4.69) is 144 Å². The fourth-order valence-corrected chi connectivity index (χ4v) is 7.22. The van der Waals surface area contributed by atoms with Gasteiger partial charge in [0, 0.05) is 38.2 Å². The lowest BCUT2D eigenvalue weighted by atomic mass is 9.98. The third kappa shape index (κ3) is 4.10. The molecule has 10 rings (SSSR count). The highest BCUT2D eigenvalue weighted by Gasteiger charge is 2.21. The molecule has 0 bridgehead atoms. The van der Waals surface area contributed by atoms with Crippen LogP contribution in [0.1, 0.15) is 0 Å². The van der Waals surface area contributed by atoms with Crippen LogP contribution in [0.4, 0.5) is 0 Å². The topological polar surface area (TPSA) is 43.9 Å². The molecule has 0 saturated carbocycles. The van der Waals surface area contributed by atoms with Crippen LogP contribution >= 0.6 is 0 Å². The Bertz CT molecular complexity index is 2770. The first-order valence-electron chi connectivity index (χ1n) is 16.2. The Kier molecular flexibility index (Phi) is 5.84. The van der Waals surface area contributed by atoms with Gasteiger partial charge < -0.3 is 4.42 Å². The molecule has 3 heterocycles. The molecule has 48 heavy (non-hydrogen) atoms. The number of aromatic nitrogens is 3. The summed E-state index contributed by atoms with van der Waals surface area (Å²) < 4.78 is 8.47. The van der Waals surface area contributed by atoms with Crippen molar-refractivity contribution in [3.8, 4) is 39.6 Å². The molecule has 0 unspecified atom stereocenters. The first-order valence-corrected chi connectivity index (χ1v) is 16.2. The van der Waals surface area contributed by atoms with Gasteiger partial charge in [0.25, 0.3) is 0 Å². The van der Waals surface area contributed by atoms with Crippen molar-refractivity contribution in [1.29, 1.82) is 0 Å². The van der Waals surface area contributed by atoms with Crippen molar-refractivity contribution < 1.29 is 4.42 Å². The zero-order valence-corrected chi connectivity index (χ0v) is 25.8. The lowest BCUT2D eigenvalue weighted by Crippen LogP contribution is -2.04. The number of rotatable bonds is 4. The molecule has 10 aromatic rings. The summed E-state index contributed by atoms with van der Waals surface area (Å²) in [5.41, 5.74) is 9.95. The minimum atomic E-state index is 0.632. The van der Waals surface area contributed by atoms with Crippen LogP contribution in [0.25, 0.3) is 94.1 Å². The highest BCUT2D eigenvalue weighted by atomic mass is 16.3. The van der Waals surface area contributed by atoms with Gasteiger partial charge in [-0.3, -0.25) is 4.57 Å². The number of hydrogen-bond acceptors (Lipinski definition) is 3. The zero-order valence-electron chi connectivity index (χ0n) is 25.8. The summed E-state index contributed by atoms with van der Waals surface area (Å²) in [6.45, 7) is 0. The van der Waals surface area contributed by atoms with Crippen LogP contribution < -0.4 is 0 Å². The number of furan rings is 1. The lowest BCUT2D eigenvalue weighted by molar-refractivity contribution is 0.669. The standard InChI is InChI=1S/C44H27N3O/c1-3-13-29(14-4-1)37-27-38(30-15-5-2-6-16-30)46-44(45-37)47-39-24-22-28-12-7-8-17-32(28)42(39)35-20-11-19-33(43(35)47)31-23-25-41-36(26-31)34-18-9-10-21-40(34)48-41/h1-27H. The van der Waals surface area contributed by atoms with Crippen LogP contribution in [-0.4, -0.2) is 14.5 Å². The maximum absolute atomic E-state index is 6.21. The molecule has 0 spiro atoms. The predicted molar refractivity (Wildman–Crippen MR) is 197 cm³/mol. The van der Waals surface area contributed by atoms with E-state index in [-0.39, 0.29) is 0 Å². The van der Waals surface area contributed by atoms with Gasteiger partial charge >= 0.3 is 0 Å². The van der Waals surface area contributed by atoms with Crippen molar-refractivity contribution in [2.75, 3.05) is 0 Å². The first kappa shape index (κ1) is 26.7. The van der Waals surface area contributed by atoms with Crippen LogP contribution in [0.2, 0.25) is 0 Å². The average Bonchev–Trinajstić information content (AvgIpc) is 3.71. The summed E-state index contributed by atoms with van der Waals surface area (Å²) in [5.74, 6) is 0.632. The summed E-state index contributed by atoms with van der Waals surface area (Å²) >= 11 is 0. The Labute approximate surface area is 276 Å². The van der Waals surface area contributed by atoms with Crippen molar-refractivity contribution in [1.82, 2.24) is 14.5 Å². The van der Waals surface area contributed by atoms with Crippen molar-refractivity contribution >= 4 is 54.5 Å². The Morgan fingerprint density at radius 3 is 1.85 bits per heavy atom. The molecule has 0 atom stereocenters. The minimum absolute atomic E-state index is 0.632. The van der Waals surface area contributed by atoms with E-state index in [1.165, 1.54) is 16.2 Å². The number of benzene rings is 7. The summed E-state index contributed by atoms with van der Waals surface area (Å²) in [5, 5.41) is 6.96. The van der Waals surface area contributed by atoms with Crippen molar-refractivity contribution in [2.45, 2.75) is 0 Å². The van der Waals surface area contributed by atoms with E-state index in [1.54, 1.807) is 0 Å². The minimum Gasteiger partial charge on any atom is -0.456 e. The van der Waals surface area contributed by atoms with E-state index in [0.717, 1.165) is 72.0 Å². The maximum atomic E-state index is 6.21. The number of para-hydroxylation sites is 2. The second kappa shape index (κ2) is 10.5. The molecule has 0 amide bonds. The fourth-order valence-electron chi connectivity index (χ4n) is 7.22. The first-order chi connectivity index (χ1) is 23.8. The van der Waals surface area contributed by atoms with Crippen molar-refractivity contribution in [2.24, 2.45) is 0 Å². The third-order valence-electron chi connectivity index (χ3n) is 9.42. The molecule has 4 heteroatoms. The summed E-state index contributed by atoms with van der Waals surface area (Å²) in [7, 11) is 0. The second-order valence-corrected chi connectivity index (χ2v) is 12.2. The summed E-state index contributed by atoms with van der Waals surface area (Å²) in [6.07, 6.45) is 0. The number of nitrogens with zero attached hydrogens (tertiary/aromatic N) is 3. The van der Waals surface area contributed by atoms with Crippen molar-refractivity contribution in [3.63, 3.8) is 0 Å². The molecule has 3 aromatic heterocycles. The van der Waals surface area contributed by atoms with Crippen LogP contribution in [-0.2, 0) is 0 Å². The van der Waals surface area contributed by atoms with Gasteiger partial charge in [0.05, 0.1) is 22.4 Å². The van der Waals surface area contributed by atoms with E-state index in [0.29, 0.717) is 5.95 Å². The number of fused-ring (bicyclic) bond motifs is 8. The van der Waals surface area contributed by atoms with E-state index in [4.69, 9.17) is 14.4 Å². The molecule has 0 radical (unpaired) electrons. The highest BCUT2D eigenvalue weighted by molar-refractivity contribution is 6.23. The SMILES string of the molecule is c1ccc(-c2cc(-c3ccccc3)nc(-n3c4ccc5ccccc5c4c4cccc(-c5ccc6oc7ccccc7c6c5)c43)n2)cc1. The van der Waals surface area contributed by atoms with Gasteiger partial charge in [-0.15, -0.1) is 0 Å². The smallest absolute Gasteiger partial charge is 0.235 e. The molecule has 4 nitrogen and oxygen atoms in total. The quantitative estimate of drug-likeness (QED) is 0.198. The Morgan fingerprint density at radius 1 is 0.438 bits per heavy atom. The largest absolute Gasteiger partial charge is 0.456 e. The predicted octanol–water partition coefficient (Wildman–Crippen LogP) is 11.6. The molecular formula is C44H27N3O. The molecule has 0 aliphatic carbocycles. The number of hydrogen-bond donors (Lipinski definition) is 0. The summed E-state index contributed by atoms with van der Waals surface area (Å²) in [6, 6.07) is 57.2. The molecule has 0 aliphatic rings. The van der Waals surface area contributed by atoms with E-state index >= 15 is 0 Å². The monoisotopic (exact) mass is 613 g/mol. The molecule has 0 saturated heterocycles. The molecule has 0 aliphatic heterocycles. The van der Waals surface area contributed by atoms with Gasteiger partial charge in [-0.1, -0.05) is 133 Å². The molecule has 7 aromatic carbocycles. The van der Waals surface area contributed by atoms with Gasteiger partial charge in [0.15, 0.2) is 0 Å². The normalized spacial score (nSPS) is 11.8.